The third-order valence-corrected chi connectivity index (χ3v) is 7.52. The van der Waals surface area contributed by atoms with Crippen LogP contribution in [-0.4, -0.2) is 15.1 Å². The number of aromatic nitrogens is 5. The summed E-state index contributed by atoms with van der Waals surface area (Å²) >= 11 is 0. The van der Waals surface area contributed by atoms with E-state index in [1.807, 2.05) is 12.4 Å². The molecule has 0 atom stereocenters. The third kappa shape index (κ3) is 7.40. The van der Waals surface area contributed by atoms with E-state index in [9.17, 15) is 0 Å². The average Bonchev–Trinajstić information content (AvgIpc) is 3.50. The maximum Gasteiger partial charge on any atom is 2.00 e. The van der Waals surface area contributed by atoms with Crippen molar-refractivity contribution in [2.24, 2.45) is 0 Å². The summed E-state index contributed by atoms with van der Waals surface area (Å²) in [5.74, 6) is 0. The molecule has 4 aromatic rings. The van der Waals surface area contributed by atoms with E-state index in [0.717, 1.165) is 41.3 Å². The summed E-state index contributed by atoms with van der Waals surface area (Å²) in [7, 11) is 0. The van der Waals surface area contributed by atoms with Gasteiger partial charge < -0.3 is 15.2 Å². The number of fused-ring (bicyclic) bond motifs is 1. The first-order valence-electron chi connectivity index (χ1n) is 14.2. The van der Waals surface area contributed by atoms with Gasteiger partial charge >= 0.3 is 21.1 Å². The molecule has 216 valence electrons. The molecule has 1 aliphatic rings. The van der Waals surface area contributed by atoms with E-state index in [0.29, 0.717) is 0 Å². The topological polar surface area (TPSA) is 66.9 Å². The molecule has 5 rings (SSSR count). The standard InChI is InChI=1S/C25H32N4.C9H13N.Pt/c1-15-17-10-8-9-11-18(17)23(26-15)21-13-16(24(2,3)4)12-19(27-21)20-14-22(29-28-20)25(5,6)7;1-9(2,3)8-4-6-10-7-5-8;/h12-14H,8-11H2,1-7H3;4-7H,1-3H3;/q-2;;+2. The number of rotatable bonds is 2. The quantitative estimate of drug-likeness (QED) is 0.211. The Morgan fingerprint density at radius 3 is 1.80 bits per heavy atom. The van der Waals surface area contributed by atoms with E-state index < -0.39 is 0 Å². The van der Waals surface area contributed by atoms with Gasteiger partial charge in [0.1, 0.15) is 0 Å². The first-order valence-corrected chi connectivity index (χ1v) is 14.2. The molecular formula is C34H45N5Pt. The van der Waals surface area contributed by atoms with Gasteiger partial charge in [0.2, 0.25) is 0 Å². The zero-order chi connectivity index (χ0) is 28.6. The van der Waals surface area contributed by atoms with Gasteiger partial charge in [-0.15, -0.1) is 5.69 Å². The second kappa shape index (κ2) is 12.1. The maximum atomic E-state index is 5.04. The molecule has 6 heteroatoms. The molecule has 0 spiro atoms. The van der Waals surface area contributed by atoms with Crippen molar-refractivity contribution in [3.05, 3.63) is 76.4 Å². The maximum absolute atomic E-state index is 5.04. The zero-order valence-corrected chi connectivity index (χ0v) is 28.2. The Kier molecular flexibility index (Phi) is 9.72. The van der Waals surface area contributed by atoms with Gasteiger partial charge in [0, 0.05) is 29.2 Å². The Labute approximate surface area is 255 Å². The summed E-state index contributed by atoms with van der Waals surface area (Å²) in [5, 5.41) is 8.90. The predicted octanol–water partition coefficient (Wildman–Crippen LogP) is 7.88. The molecule has 0 saturated carbocycles. The fraction of sp³-hybridized carbons (Fsp3) is 0.500. The molecule has 0 bridgehead atoms. The second-order valence-corrected chi connectivity index (χ2v) is 13.9. The van der Waals surface area contributed by atoms with Crippen LogP contribution in [0.1, 0.15) is 109 Å². The van der Waals surface area contributed by atoms with Crippen LogP contribution in [0.5, 0.6) is 0 Å². The molecule has 5 nitrogen and oxygen atoms in total. The van der Waals surface area contributed by atoms with Crippen LogP contribution in [0.3, 0.4) is 0 Å². The molecule has 4 heterocycles. The molecular weight excluding hydrogens is 673 g/mol. The molecule has 0 N–H and O–H groups in total. The molecule has 0 radical (unpaired) electrons. The first kappa shape index (κ1) is 32.0. The van der Waals surface area contributed by atoms with Crippen LogP contribution in [0.2, 0.25) is 0 Å². The molecule has 0 fully saturated rings. The van der Waals surface area contributed by atoms with Gasteiger partial charge in [0.05, 0.1) is 5.69 Å². The summed E-state index contributed by atoms with van der Waals surface area (Å²) in [6.07, 6.45) is 8.41. The molecule has 0 aliphatic heterocycles. The van der Waals surface area contributed by atoms with Crippen molar-refractivity contribution < 1.29 is 21.1 Å². The number of pyridine rings is 2. The van der Waals surface area contributed by atoms with Crippen molar-refractivity contribution >= 4 is 0 Å². The van der Waals surface area contributed by atoms with Crippen LogP contribution >= 0.6 is 0 Å². The van der Waals surface area contributed by atoms with Gasteiger partial charge in [-0.2, -0.15) is 5.69 Å². The monoisotopic (exact) mass is 718 g/mol. The minimum atomic E-state index is -0.0286. The fourth-order valence-electron chi connectivity index (χ4n) is 4.94. The molecule has 40 heavy (non-hydrogen) atoms. The fourth-order valence-corrected chi connectivity index (χ4v) is 4.94. The molecule has 0 unspecified atom stereocenters. The van der Waals surface area contributed by atoms with Crippen molar-refractivity contribution in [2.45, 2.75) is 111 Å². The van der Waals surface area contributed by atoms with Crippen molar-refractivity contribution in [3.63, 3.8) is 0 Å². The first-order chi connectivity index (χ1) is 18.1. The normalized spacial score (nSPS) is 13.7. The van der Waals surface area contributed by atoms with Gasteiger partial charge in [0.25, 0.3) is 0 Å². The van der Waals surface area contributed by atoms with E-state index in [-0.39, 0.29) is 37.3 Å². The Morgan fingerprint density at radius 2 is 1.27 bits per heavy atom. The van der Waals surface area contributed by atoms with Crippen LogP contribution in [-0.2, 0) is 50.2 Å². The number of hydrogen-bond donors (Lipinski definition) is 0. The van der Waals surface area contributed by atoms with Crippen molar-refractivity contribution in [2.75, 3.05) is 0 Å². The Hall–Kier alpha value is -2.52. The molecule has 4 aromatic heterocycles. The van der Waals surface area contributed by atoms with Crippen LogP contribution < -0.4 is 10.1 Å². The smallest absolute Gasteiger partial charge is 0.659 e. The van der Waals surface area contributed by atoms with Crippen molar-refractivity contribution in [1.82, 2.24) is 25.1 Å². The van der Waals surface area contributed by atoms with E-state index in [2.05, 4.69) is 115 Å². The van der Waals surface area contributed by atoms with E-state index >= 15 is 0 Å². The van der Waals surface area contributed by atoms with E-state index in [1.54, 1.807) is 0 Å². The minimum Gasteiger partial charge on any atom is -0.659 e. The van der Waals surface area contributed by atoms with Crippen molar-refractivity contribution in [1.29, 1.82) is 0 Å². The van der Waals surface area contributed by atoms with Gasteiger partial charge in [0.15, 0.2) is 0 Å². The van der Waals surface area contributed by atoms with E-state index in [4.69, 9.17) is 9.97 Å². The largest absolute Gasteiger partial charge is 2.00 e. The number of nitrogens with zero attached hydrogens (tertiary/aromatic N) is 5. The Balaban J connectivity index is 0.000000340. The van der Waals surface area contributed by atoms with Gasteiger partial charge in [-0.25, -0.2) is 0 Å². The van der Waals surface area contributed by atoms with Crippen molar-refractivity contribution in [3.8, 4) is 22.8 Å². The van der Waals surface area contributed by atoms with Gasteiger partial charge in [-0.1, -0.05) is 92.1 Å². The second-order valence-electron chi connectivity index (χ2n) is 13.9. The van der Waals surface area contributed by atoms with Crippen LogP contribution in [0.4, 0.5) is 0 Å². The summed E-state index contributed by atoms with van der Waals surface area (Å²) in [5.41, 5.74) is 11.6. The Morgan fingerprint density at radius 1 is 0.700 bits per heavy atom. The van der Waals surface area contributed by atoms with E-state index in [1.165, 1.54) is 40.8 Å². The number of aryl methyl sites for hydroxylation is 1. The van der Waals surface area contributed by atoms with Crippen LogP contribution in [0.25, 0.3) is 22.8 Å². The summed E-state index contributed by atoms with van der Waals surface area (Å²) in [6, 6.07) is 10.6. The Bertz CT molecular complexity index is 1410. The van der Waals surface area contributed by atoms with Gasteiger partial charge in [-0.3, -0.25) is 9.97 Å². The number of hydrogen-bond acceptors (Lipinski definition) is 3. The zero-order valence-electron chi connectivity index (χ0n) is 25.9. The minimum absolute atomic E-state index is 0. The summed E-state index contributed by atoms with van der Waals surface area (Å²) < 4.78 is 0. The summed E-state index contributed by atoms with van der Waals surface area (Å²) in [4.78, 5) is 14.0. The molecule has 1 aliphatic carbocycles. The van der Waals surface area contributed by atoms with Crippen LogP contribution in [0.15, 0.2) is 42.7 Å². The third-order valence-electron chi connectivity index (χ3n) is 7.52. The SMILES string of the molecule is CC(C)(C)c1ccncc1.Cc1[n-]c(-c2cc(C(C)(C)C)cc(-c3cc(C(C)(C)C)n[n-]3)n2)c2c1CCCC2.[Pt+2]. The van der Waals surface area contributed by atoms with Crippen LogP contribution in [0, 0.1) is 6.92 Å². The average molecular weight is 719 g/mol. The predicted molar refractivity (Wildman–Crippen MR) is 161 cm³/mol. The summed E-state index contributed by atoms with van der Waals surface area (Å²) in [6.45, 7) is 21.9. The van der Waals surface area contributed by atoms with Gasteiger partial charge in [-0.05, 0) is 71.9 Å². The molecule has 0 saturated heterocycles. The molecule has 0 amide bonds. The molecule has 0 aromatic carbocycles.